The van der Waals surface area contributed by atoms with E-state index >= 15 is 0 Å². The molecule has 0 radical (unpaired) electrons. The van der Waals surface area contributed by atoms with Gasteiger partial charge < -0.3 is 5.73 Å². The van der Waals surface area contributed by atoms with E-state index in [0.717, 1.165) is 11.8 Å². The number of nitrogen functional groups attached to an aromatic ring is 1. The summed E-state index contributed by atoms with van der Waals surface area (Å²) >= 11 is 12.7. The van der Waals surface area contributed by atoms with Crippen molar-refractivity contribution in [3.8, 4) is 11.1 Å². The van der Waals surface area contributed by atoms with Crippen molar-refractivity contribution >= 4 is 39.0 Å². The largest absolute Gasteiger partial charge is 0.367 e. The Bertz CT molecular complexity index is 1010. The molecule has 0 atom stereocenters. The van der Waals surface area contributed by atoms with E-state index < -0.39 is 9.84 Å². The number of nitrogens with two attached hydrogens (primary N) is 1. The minimum absolute atomic E-state index is 0.0111. The lowest BCUT2D eigenvalue weighted by atomic mass is 10.0. The van der Waals surface area contributed by atoms with Gasteiger partial charge in [-0.3, -0.25) is 5.10 Å². The molecule has 1 aromatic carbocycles. The van der Waals surface area contributed by atoms with Crippen molar-refractivity contribution in [3.05, 3.63) is 51.9 Å². The second kappa shape index (κ2) is 6.62. The number of aromatic nitrogens is 4. The van der Waals surface area contributed by atoms with Crippen LogP contribution in [0.5, 0.6) is 0 Å². The molecule has 3 N–H and O–H groups in total. The number of anilines is 1. The third-order valence-electron chi connectivity index (χ3n) is 3.43. The minimum atomic E-state index is -3.36. The molecule has 0 saturated heterocycles. The molecule has 0 aliphatic carbocycles. The second-order valence-electron chi connectivity index (χ2n) is 5.41. The number of pyridine rings is 1. The lowest BCUT2D eigenvalue weighted by Crippen LogP contribution is -2.00. The number of nitrogens with one attached hydrogen (secondary N) is 1. The normalized spacial score (nSPS) is 11.6. The van der Waals surface area contributed by atoms with Crippen molar-refractivity contribution in [1.82, 2.24) is 20.2 Å². The van der Waals surface area contributed by atoms with Crippen LogP contribution in [0.25, 0.3) is 11.1 Å². The van der Waals surface area contributed by atoms with Gasteiger partial charge in [-0.2, -0.15) is 4.98 Å². The highest BCUT2D eigenvalue weighted by Crippen LogP contribution is 2.36. The van der Waals surface area contributed by atoms with E-state index in [1.54, 1.807) is 18.2 Å². The van der Waals surface area contributed by atoms with E-state index in [1.807, 2.05) is 0 Å². The number of benzene rings is 1. The Hall–Kier alpha value is -2.16. The molecular formula is C15H13Cl2N5O2S. The Morgan fingerprint density at radius 1 is 1.20 bits per heavy atom. The van der Waals surface area contributed by atoms with Crippen molar-refractivity contribution in [2.24, 2.45) is 0 Å². The van der Waals surface area contributed by atoms with Gasteiger partial charge in [0.25, 0.3) is 0 Å². The smallest absolute Gasteiger partial charge is 0.239 e. The van der Waals surface area contributed by atoms with Crippen LogP contribution in [0.4, 0.5) is 5.95 Å². The molecule has 0 fully saturated rings. The molecule has 0 bridgehead atoms. The van der Waals surface area contributed by atoms with Crippen LogP contribution in [0.1, 0.15) is 11.4 Å². The van der Waals surface area contributed by atoms with Crippen molar-refractivity contribution in [2.75, 3.05) is 12.0 Å². The number of rotatable bonds is 4. The van der Waals surface area contributed by atoms with E-state index in [4.69, 9.17) is 28.9 Å². The number of halogens is 2. The van der Waals surface area contributed by atoms with Crippen LogP contribution in [0, 0.1) is 0 Å². The first-order valence-electron chi connectivity index (χ1n) is 7.05. The highest BCUT2D eigenvalue weighted by Gasteiger charge is 2.14. The molecule has 130 valence electrons. The zero-order valence-corrected chi connectivity index (χ0v) is 15.3. The van der Waals surface area contributed by atoms with Crippen molar-refractivity contribution < 1.29 is 8.42 Å². The second-order valence-corrected chi connectivity index (χ2v) is 8.19. The summed E-state index contributed by atoms with van der Waals surface area (Å²) in [6.07, 6.45) is 2.97. The van der Waals surface area contributed by atoms with Crippen molar-refractivity contribution in [2.45, 2.75) is 11.4 Å². The predicted octanol–water partition coefficient (Wildman–Crippen LogP) is 2.75. The highest BCUT2D eigenvalue weighted by atomic mass is 35.5. The van der Waals surface area contributed by atoms with Crippen LogP contribution in [0.3, 0.4) is 0 Å². The molecule has 0 aliphatic heterocycles. The maximum Gasteiger partial charge on any atom is 0.239 e. The van der Waals surface area contributed by atoms with Crippen LogP contribution >= 0.6 is 23.2 Å². The van der Waals surface area contributed by atoms with Gasteiger partial charge in [0, 0.05) is 30.0 Å². The lowest BCUT2D eigenvalue weighted by Gasteiger charge is -2.10. The summed E-state index contributed by atoms with van der Waals surface area (Å²) in [7, 11) is -3.36. The molecule has 3 rings (SSSR count). The number of H-pyrrole nitrogens is 1. The predicted molar refractivity (Wildman–Crippen MR) is 96.4 cm³/mol. The van der Waals surface area contributed by atoms with Gasteiger partial charge in [0.2, 0.25) is 5.95 Å². The molecule has 10 heteroatoms. The summed E-state index contributed by atoms with van der Waals surface area (Å²) in [5.41, 5.74) is 7.51. The Morgan fingerprint density at radius 3 is 2.36 bits per heavy atom. The number of hydrogen-bond acceptors (Lipinski definition) is 6. The fourth-order valence-electron chi connectivity index (χ4n) is 2.33. The third kappa shape index (κ3) is 3.92. The van der Waals surface area contributed by atoms with Crippen LogP contribution in [-0.4, -0.2) is 34.8 Å². The summed E-state index contributed by atoms with van der Waals surface area (Å²) in [5.74, 6) is 0.761. The average molecular weight is 398 g/mol. The van der Waals surface area contributed by atoms with Crippen LogP contribution in [0.2, 0.25) is 10.0 Å². The average Bonchev–Trinajstić information content (AvgIpc) is 2.91. The zero-order valence-electron chi connectivity index (χ0n) is 13.0. The summed E-state index contributed by atoms with van der Waals surface area (Å²) < 4.78 is 23.0. The van der Waals surface area contributed by atoms with E-state index in [9.17, 15) is 8.42 Å². The maximum atomic E-state index is 11.5. The van der Waals surface area contributed by atoms with E-state index in [2.05, 4.69) is 20.2 Å². The SMILES string of the molecule is CS(=O)(=O)c1ccc(-c2c(Cl)cc(Cc3nc(N)n[nH]3)cc2Cl)cn1. The number of hydrogen-bond donors (Lipinski definition) is 2. The molecular weight excluding hydrogens is 385 g/mol. The van der Waals surface area contributed by atoms with Crippen LogP contribution in [0.15, 0.2) is 35.5 Å². The molecule has 0 aliphatic rings. The number of nitrogens with zero attached hydrogens (tertiary/aromatic N) is 3. The van der Waals surface area contributed by atoms with Gasteiger partial charge in [0.1, 0.15) is 5.82 Å². The van der Waals surface area contributed by atoms with Gasteiger partial charge >= 0.3 is 0 Å². The Balaban J connectivity index is 1.95. The number of sulfone groups is 1. The first-order chi connectivity index (χ1) is 11.7. The molecule has 0 amide bonds. The first kappa shape index (κ1) is 17.7. The summed E-state index contributed by atoms with van der Waals surface area (Å²) in [6.45, 7) is 0. The molecule has 0 unspecified atom stereocenters. The van der Waals surface area contributed by atoms with E-state index in [-0.39, 0.29) is 11.0 Å². The van der Waals surface area contributed by atoms with Gasteiger partial charge in [-0.05, 0) is 29.8 Å². The monoisotopic (exact) mass is 397 g/mol. The molecule has 3 aromatic rings. The molecule has 7 nitrogen and oxygen atoms in total. The Morgan fingerprint density at radius 2 is 1.88 bits per heavy atom. The molecule has 2 aromatic heterocycles. The van der Waals surface area contributed by atoms with Gasteiger partial charge in [-0.1, -0.05) is 23.2 Å². The fourth-order valence-corrected chi connectivity index (χ4v) is 3.64. The minimum Gasteiger partial charge on any atom is -0.367 e. The van der Waals surface area contributed by atoms with Gasteiger partial charge in [0.05, 0.1) is 10.0 Å². The number of aromatic amines is 1. The van der Waals surface area contributed by atoms with E-state index in [1.165, 1.54) is 12.3 Å². The highest BCUT2D eigenvalue weighted by molar-refractivity contribution is 7.90. The fraction of sp³-hybridized carbons (Fsp3) is 0.133. The maximum absolute atomic E-state index is 11.5. The van der Waals surface area contributed by atoms with Crippen molar-refractivity contribution in [3.63, 3.8) is 0 Å². The molecule has 0 spiro atoms. The standard InChI is InChI=1S/C15H13Cl2N5O2S/c1-25(23,24)13-3-2-9(7-19-13)14-10(16)4-8(5-11(14)17)6-12-20-15(18)22-21-12/h2-5,7H,6H2,1H3,(H3,18,20,21,22). The summed E-state index contributed by atoms with van der Waals surface area (Å²) in [5, 5.41) is 7.32. The van der Waals surface area contributed by atoms with Gasteiger partial charge in [-0.25, -0.2) is 13.4 Å². The van der Waals surface area contributed by atoms with Crippen molar-refractivity contribution in [1.29, 1.82) is 0 Å². The Labute approximate surface area is 154 Å². The first-order valence-corrected chi connectivity index (χ1v) is 9.70. The summed E-state index contributed by atoms with van der Waals surface area (Å²) in [6, 6.07) is 6.55. The van der Waals surface area contributed by atoms with Crippen LogP contribution in [-0.2, 0) is 16.3 Å². The van der Waals surface area contributed by atoms with Gasteiger partial charge in [0.15, 0.2) is 14.9 Å². The lowest BCUT2D eigenvalue weighted by molar-refractivity contribution is 0.598. The third-order valence-corrected chi connectivity index (χ3v) is 5.02. The Kier molecular flexibility index (Phi) is 4.68. The molecule has 0 saturated carbocycles. The topological polar surface area (TPSA) is 115 Å². The van der Waals surface area contributed by atoms with Crippen LogP contribution < -0.4 is 5.73 Å². The quantitative estimate of drug-likeness (QED) is 0.699. The van der Waals surface area contributed by atoms with E-state index in [0.29, 0.717) is 33.4 Å². The molecule has 2 heterocycles. The summed E-state index contributed by atoms with van der Waals surface area (Å²) in [4.78, 5) is 8.00. The zero-order chi connectivity index (χ0) is 18.2. The molecule has 25 heavy (non-hydrogen) atoms. The van der Waals surface area contributed by atoms with Gasteiger partial charge in [-0.15, -0.1) is 5.10 Å².